The van der Waals surface area contributed by atoms with Gasteiger partial charge in [-0.2, -0.15) is 4.39 Å². The van der Waals surface area contributed by atoms with Gasteiger partial charge in [0.2, 0.25) is 5.95 Å². The van der Waals surface area contributed by atoms with Gasteiger partial charge in [-0.05, 0) is 42.7 Å². The number of halogens is 3. The fourth-order valence-corrected chi connectivity index (χ4v) is 5.13. The molecule has 1 aliphatic heterocycles. The van der Waals surface area contributed by atoms with Gasteiger partial charge >= 0.3 is 0 Å². The first-order valence-corrected chi connectivity index (χ1v) is 11.5. The maximum atomic E-state index is 14.6. The van der Waals surface area contributed by atoms with Crippen LogP contribution in [0.1, 0.15) is 63.4 Å². The number of hydrogen-bond acceptors (Lipinski definition) is 4. The number of amides is 1. The van der Waals surface area contributed by atoms with E-state index in [2.05, 4.69) is 30.7 Å². The molecule has 0 spiro atoms. The number of nitrogens with zero attached hydrogens (tertiary/aromatic N) is 3. The molecule has 0 aromatic carbocycles. The summed E-state index contributed by atoms with van der Waals surface area (Å²) >= 11 is 0. The third kappa shape index (κ3) is 5.51. The van der Waals surface area contributed by atoms with Crippen LogP contribution >= 0.6 is 0 Å². The van der Waals surface area contributed by atoms with Gasteiger partial charge in [0.25, 0.3) is 12.3 Å². The van der Waals surface area contributed by atoms with Crippen LogP contribution in [0.25, 0.3) is 0 Å². The van der Waals surface area contributed by atoms with Gasteiger partial charge in [-0.3, -0.25) is 9.69 Å². The summed E-state index contributed by atoms with van der Waals surface area (Å²) in [6.45, 7) is 9.41. The fourth-order valence-electron chi connectivity index (χ4n) is 5.13. The van der Waals surface area contributed by atoms with Crippen LogP contribution in [0.15, 0.2) is 12.1 Å². The molecule has 1 saturated carbocycles. The second-order valence-corrected chi connectivity index (χ2v) is 9.16. The molecule has 1 aromatic rings. The number of rotatable bonds is 8. The Morgan fingerprint density at radius 1 is 1.19 bits per heavy atom. The van der Waals surface area contributed by atoms with E-state index in [0.717, 1.165) is 19.0 Å². The maximum Gasteiger partial charge on any atom is 0.270 e. The molecule has 1 N–H and O–H groups in total. The molecule has 2 unspecified atom stereocenters. The summed E-state index contributed by atoms with van der Waals surface area (Å²) in [5.41, 5.74) is 0.598. The largest absolute Gasteiger partial charge is 0.365 e. The molecule has 0 bridgehead atoms. The van der Waals surface area contributed by atoms with Gasteiger partial charge in [-0.1, -0.05) is 33.6 Å². The standard InChI is InChI=1S/C23H35F3N4O/c1-4-23(3,5-2)16-6-7-17(14-16)29-10-12-30(13-11-29)19-9-8-18(28-21(19)26)22(31)27-15-20(24)25/h8-9,16-17,20H,4-7,10-15H2,1-3H3,(H,27,31). The lowest BCUT2D eigenvalue weighted by molar-refractivity contribution is 0.0886. The van der Waals surface area contributed by atoms with Crippen molar-refractivity contribution in [2.45, 2.75) is 65.3 Å². The minimum absolute atomic E-state index is 0.188. The number of alkyl halides is 2. The van der Waals surface area contributed by atoms with Crippen LogP contribution in [-0.2, 0) is 0 Å². The van der Waals surface area contributed by atoms with Crippen molar-refractivity contribution in [3.63, 3.8) is 0 Å². The first kappa shape index (κ1) is 23.8. The molecule has 8 heteroatoms. The molecule has 174 valence electrons. The topological polar surface area (TPSA) is 48.5 Å². The molecule has 5 nitrogen and oxygen atoms in total. The minimum atomic E-state index is -2.66. The Labute approximate surface area is 183 Å². The Morgan fingerprint density at radius 3 is 2.45 bits per heavy atom. The summed E-state index contributed by atoms with van der Waals surface area (Å²) in [6.07, 6.45) is 3.55. The van der Waals surface area contributed by atoms with E-state index in [1.165, 1.54) is 44.2 Å². The van der Waals surface area contributed by atoms with Crippen LogP contribution in [-0.4, -0.2) is 61.0 Å². The Hall–Kier alpha value is -1.83. The summed E-state index contributed by atoms with van der Waals surface area (Å²) in [4.78, 5) is 20.0. The highest BCUT2D eigenvalue weighted by molar-refractivity contribution is 5.92. The summed E-state index contributed by atoms with van der Waals surface area (Å²) in [7, 11) is 0. The Morgan fingerprint density at radius 2 is 1.87 bits per heavy atom. The number of nitrogens with one attached hydrogen (secondary N) is 1. The SMILES string of the molecule is CCC(C)(CC)C1CCC(N2CCN(c3ccc(C(=O)NCC(F)F)nc3F)CC2)C1. The monoisotopic (exact) mass is 440 g/mol. The second kappa shape index (κ2) is 10.2. The summed E-state index contributed by atoms with van der Waals surface area (Å²) in [6, 6.07) is 3.52. The minimum Gasteiger partial charge on any atom is -0.365 e. The molecule has 2 heterocycles. The fraction of sp³-hybridized carbons (Fsp3) is 0.739. The van der Waals surface area contributed by atoms with E-state index in [1.807, 2.05) is 10.2 Å². The zero-order valence-corrected chi connectivity index (χ0v) is 18.8. The van der Waals surface area contributed by atoms with Crippen LogP contribution in [0.3, 0.4) is 0 Å². The van der Waals surface area contributed by atoms with Gasteiger partial charge in [0.15, 0.2) is 0 Å². The molecule has 1 aromatic heterocycles. The highest BCUT2D eigenvalue weighted by Gasteiger charge is 2.39. The summed E-state index contributed by atoms with van der Waals surface area (Å²) in [5.74, 6) is -0.755. The van der Waals surface area contributed by atoms with Gasteiger partial charge in [0, 0.05) is 32.2 Å². The number of hydrogen-bond donors (Lipinski definition) is 1. The van der Waals surface area contributed by atoms with E-state index in [4.69, 9.17) is 0 Å². The third-order valence-corrected chi connectivity index (χ3v) is 7.66. The maximum absolute atomic E-state index is 14.6. The van der Waals surface area contributed by atoms with Crippen molar-refractivity contribution in [1.29, 1.82) is 0 Å². The molecule has 2 atom stereocenters. The lowest BCUT2D eigenvalue weighted by Gasteiger charge is -2.40. The molecule has 31 heavy (non-hydrogen) atoms. The van der Waals surface area contributed by atoms with Crippen molar-refractivity contribution in [3.05, 3.63) is 23.8 Å². The molecule has 1 aliphatic carbocycles. The number of pyridine rings is 1. The first-order valence-electron chi connectivity index (χ1n) is 11.5. The van der Waals surface area contributed by atoms with Crippen LogP contribution in [0.4, 0.5) is 18.9 Å². The highest BCUT2D eigenvalue weighted by atomic mass is 19.3. The highest BCUT2D eigenvalue weighted by Crippen LogP contribution is 2.45. The average Bonchev–Trinajstić information content (AvgIpc) is 3.28. The first-order chi connectivity index (χ1) is 14.8. The lowest BCUT2D eigenvalue weighted by atomic mass is 9.72. The van der Waals surface area contributed by atoms with E-state index in [-0.39, 0.29) is 5.69 Å². The van der Waals surface area contributed by atoms with Crippen molar-refractivity contribution in [1.82, 2.24) is 15.2 Å². The van der Waals surface area contributed by atoms with Crippen LogP contribution in [0, 0.1) is 17.3 Å². The van der Waals surface area contributed by atoms with Crippen molar-refractivity contribution >= 4 is 11.6 Å². The average molecular weight is 441 g/mol. The number of carbonyl (C=O) groups excluding carboxylic acids is 1. The molecule has 3 rings (SSSR count). The number of anilines is 1. The second-order valence-electron chi connectivity index (χ2n) is 9.16. The molecule has 2 fully saturated rings. The predicted molar refractivity (Wildman–Crippen MR) is 116 cm³/mol. The molecule has 0 radical (unpaired) electrons. The Balaban J connectivity index is 1.55. The van der Waals surface area contributed by atoms with Crippen molar-refractivity contribution in [2.75, 3.05) is 37.6 Å². The van der Waals surface area contributed by atoms with Gasteiger partial charge in [0.1, 0.15) is 5.69 Å². The van der Waals surface area contributed by atoms with Gasteiger partial charge in [-0.25, -0.2) is 13.8 Å². The molecule has 1 amide bonds. The molecular formula is C23H35F3N4O. The van der Waals surface area contributed by atoms with Crippen LogP contribution in [0.2, 0.25) is 0 Å². The van der Waals surface area contributed by atoms with Crippen LogP contribution < -0.4 is 10.2 Å². The lowest BCUT2D eigenvalue weighted by Crippen LogP contribution is -2.50. The van der Waals surface area contributed by atoms with Crippen LogP contribution in [0.5, 0.6) is 0 Å². The van der Waals surface area contributed by atoms with Crippen molar-refractivity contribution in [2.24, 2.45) is 11.3 Å². The smallest absolute Gasteiger partial charge is 0.270 e. The van der Waals surface area contributed by atoms with E-state index in [9.17, 15) is 18.0 Å². The summed E-state index contributed by atoms with van der Waals surface area (Å²) < 4.78 is 39.0. The molecular weight excluding hydrogens is 405 g/mol. The van der Waals surface area contributed by atoms with E-state index in [0.29, 0.717) is 30.2 Å². The third-order valence-electron chi connectivity index (χ3n) is 7.66. The normalized spacial score (nSPS) is 22.9. The van der Waals surface area contributed by atoms with E-state index >= 15 is 0 Å². The zero-order chi connectivity index (χ0) is 22.6. The number of aromatic nitrogens is 1. The van der Waals surface area contributed by atoms with Crippen molar-refractivity contribution in [3.8, 4) is 0 Å². The van der Waals surface area contributed by atoms with E-state index in [1.54, 1.807) is 0 Å². The Kier molecular flexibility index (Phi) is 7.83. The quantitative estimate of drug-likeness (QED) is 0.612. The van der Waals surface area contributed by atoms with Gasteiger partial charge in [-0.15, -0.1) is 0 Å². The van der Waals surface area contributed by atoms with Gasteiger partial charge in [0.05, 0.1) is 12.2 Å². The van der Waals surface area contributed by atoms with Gasteiger partial charge < -0.3 is 10.2 Å². The Bertz CT molecular complexity index is 748. The molecule has 2 aliphatic rings. The molecule has 1 saturated heterocycles. The number of carbonyl (C=O) groups is 1. The number of piperazine rings is 1. The predicted octanol–water partition coefficient (Wildman–Crippen LogP) is 4.33. The zero-order valence-electron chi connectivity index (χ0n) is 18.8. The van der Waals surface area contributed by atoms with E-state index < -0.39 is 24.8 Å². The summed E-state index contributed by atoms with van der Waals surface area (Å²) in [5, 5.41) is 2.05. The van der Waals surface area contributed by atoms with Crippen molar-refractivity contribution < 1.29 is 18.0 Å².